The SMILES string of the molecule is COc1cccc2oc(-c3cc(Cl)ccc3N)nc12. The van der Waals surface area contributed by atoms with Crippen molar-refractivity contribution in [3.05, 3.63) is 41.4 Å². The monoisotopic (exact) mass is 274 g/mol. The van der Waals surface area contributed by atoms with Gasteiger partial charge in [-0.3, -0.25) is 0 Å². The van der Waals surface area contributed by atoms with Gasteiger partial charge >= 0.3 is 0 Å². The second-order valence-corrected chi connectivity index (χ2v) is 4.49. The number of halogens is 1. The normalized spacial score (nSPS) is 10.8. The van der Waals surface area contributed by atoms with Gasteiger partial charge in [0.15, 0.2) is 11.1 Å². The predicted octanol–water partition coefficient (Wildman–Crippen LogP) is 3.74. The topological polar surface area (TPSA) is 61.3 Å². The van der Waals surface area contributed by atoms with Crippen molar-refractivity contribution in [3.8, 4) is 17.2 Å². The molecule has 0 saturated carbocycles. The molecule has 2 aromatic carbocycles. The van der Waals surface area contributed by atoms with E-state index in [0.29, 0.717) is 39.0 Å². The molecule has 0 radical (unpaired) electrons. The van der Waals surface area contributed by atoms with Gasteiger partial charge in [0.1, 0.15) is 5.75 Å². The van der Waals surface area contributed by atoms with E-state index in [1.54, 1.807) is 25.3 Å². The standard InChI is InChI=1S/C14H11ClN2O2/c1-18-11-3-2-4-12-13(11)17-14(19-12)9-7-8(15)5-6-10(9)16/h2-7H,16H2,1H3. The van der Waals surface area contributed by atoms with Crippen LogP contribution in [0.1, 0.15) is 0 Å². The van der Waals surface area contributed by atoms with Crippen LogP contribution in [-0.4, -0.2) is 12.1 Å². The van der Waals surface area contributed by atoms with Gasteiger partial charge in [0.2, 0.25) is 5.89 Å². The van der Waals surface area contributed by atoms with E-state index in [-0.39, 0.29) is 0 Å². The Morgan fingerprint density at radius 3 is 2.89 bits per heavy atom. The van der Waals surface area contributed by atoms with Crippen LogP contribution in [0.15, 0.2) is 40.8 Å². The van der Waals surface area contributed by atoms with Gasteiger partial charge in [-0.05, 0) is 30.3 Å². The quantitative estimate of drug-likeness (QED) is 0.723. The van der Waals surface area contributed by atoms with Crippen LogP contribution in [0.3, 0.4) is 0 Å². The summed E-state index contributed by atoms with van der Waals surface area (Å²) in [7, 11) is 1.59. The summed E-state index contributed by atoms with van der Waals surface area (Å²) in [6, 6.07) is 10.7. The second-order valence-electron chi connectivity index (χ2n) is 4.06. The number of methoxy groups -OCH3 is 1. The lowest BCUT2D eigenvalue weighted by Gasteiger charge is -2.00. The van der Waals surface area contributed by atoms with Crippen molar-refractivity contribution in [1.29, 1.82) is 0 Å². The molecule has 2 N–H and O–H groups in total. The van der Waals surface area contributed by atoms with Gasteiger partial charge in [0.05, 0.1) is 12.7 Å². The fourth-order valence-corrected chi connectivity index (χ4v) is 2.09. The van der Waals surface area contributed by atoms with Crippen LogP contribution in [0.2, 0.25) is 5.02 Å². The van der Waals surface area contributed by atoms with Crippen LogP contribution < -0.4 is 10.5 Å². The largest absolute Gasteiger partial charge is 0.494 e. The molecule has 19 heavy (non-hydrogen) atoms. The number of hydrogen-bond acceptors (Lipinski definition) is 4. The molecule has 0 bridgehead atoms. The Kier molecular flexibility index (Phi) is 2.80. The number of oxazole rings is 1. The number of rotatable bonds is 2. The smallest absolute Gasteiger partial charge is 0.229 e. The van der Waals surface area contributed by atoms with E-state index in [4.69, 9.17) is 26.5 Å². The highest BCUT2D eigenvalue weighted by Crippen LogP contribution is 2.33. The highest BCUT2D eigenvalue weighted by Gasteiger charge is 2.14. The molecule has 1 heterocycles. The average molecular weight is 275 g/mol. The number of aromatic nitrogens is 1. The Labute approximate surface area is 114 Å². The molecule has 0 amide bonds. The van der Waals surface area contributed by atoms with Gasteiger partial charge in [-0.1, -0.05) is 17.7 Å². The van der Waals surface area contributed by atoms with Gasteiger partial charge < -0.3 is 14.9 Å². The van der Waals surface area contributed by atoms with Crippen LogP contribution in [0, 0.1) is 0 Å². The van der Waals surface area contributed by atoms with E-state index in [1.807, 2.05) is 18.2 Å². The van der Waals surface area contributed by atoms with E-state index < -0.39 is 0 Å². The van der Waals surface area contributed by atoms with Crippen molar-refractivity contribution < 1.29 is 9.15 Å². The summed E-state index contributed by atoms with van der Waals surface area (Å²) in [6.07, 6.45) is 0. The number of nitrogens with two attached hydrogens (primary N) is 1. The van der Waals surface area contributed by atoms with Crippen molar-refractivity contribution >= 4 is 28.4 Å². The van der Waals surface area contributed by atoms with Gasteiger partial charge in [-0.25, -0.2) is 4.98 Å². The number of para-hydroxylation sites is 1. The molecule has 96 valence electrons. The molecule has 0 aliphatic carbocycles. The van der Waals surface area contributed by atoms with Crippen LogP contribution >= 0.6 is 11.6 Å². The molecular formula is C14H11ClN2O2. The summed E-state index contributed by atoms with van der Waals surface area (Å²) in [5, 5.41) is 0.582. The lowest BCUT2D eigenvalue weighted by atomic mass is 10.2. The Hall–Kier alpha value is -2.20. The minimum Gasteiger partial charge on any atom is -0.494 e. The summed E-state index contributed by atoms with van der Waals surface area (Å²) in [5.41, 5.74) is 8.47. The van der Waals surface area contributed by atoms with Crippen molar-refractivity contribution in [1.82, 2.24) is 4.98 Å². The molecular weight excluding hydrogens is 264 g/mol. The molecule has 3 rings (SSSR count). The van der Waals surface area contributed by atoms with Crippen LogP contribution in [0.25, 0.3) is 22.6 Å². The Morgan fingerprint density at radius 1 is 1.26 bits per heavy atom. The number of ether oxygens (including phenoxy) is 1. The summed E-state index contributed by atoms with van der Waals surface area (Å²) in [5.74, 6) is 1.09. The van der Waals surface area contributed by atoms with Crippen LogP contribution in [-0.2, 0) is 0 Å². The number of benzene rings is 2. The highest BCUT2D eigenvalue weighted by atomic mass is 35.5. The van der Waals surface area contributed by atoms with Crippen LogP contribution in [0.4, 0.5) is 5.69 Å². The highest BCUT2D eigenvalue weighted by molar-refractivity contribution is 6.31. The van der Waals surface area contributed by atoms with E-state index in [2.05, 4.69) is 4.98 Å². The molecule has 0 unspecified atom stereocenters. The first-order chi connectivity index (χ1) is 9.19. The summed E-state index contributed by atoms with van der Waals surface area (Å²) in [4.78, 5) is 4.43. The van der Waals surface area contributed by atoms with Crippen molar-refractivity contribution in [2.24, 2.45) is 0 Å². The van der Waals surface area contributed by atoms with Crippen molar-refractivity contribution in [3.63, 3.8) is 0 Å². The first-order valence-electron chi connectivity index (χ1n) is 5.68. The Balaban J connectivity index is 2.23. The summed E-state index contributed by atoms with van der Waals surface area (Å²) in [6.45, 7) is 0. The third-order valence-corrected chi connectivity index (χ3v) is 3.08. The molecule has 0 atom stereocenters. The molecule has 0 fully saturated rings. The Bertz CT molecular complexity index is 752. The molecule has 0 spiro atoms. The van der Waals surface area contributed by atoms with E-state index in [9.17, 15) is 0 Å². The zero-order valence-corrected chi connectivity index (χ0v) is 10.9. The molecule has 3 aromatic rings. The first-order valence-corrected chi connectivity index (χ1v) is 6.06. The molecule has 5 heteroatoms. The minimum absolute atomic E-state index is 0.430. The second kappa shape index (κ2) is 4.48. The zero-order valence-electron chi connectivity index (χ0n) is 10.2. The van der Waals surface area contributed by atoms with E-state index >= 15 is 0 Å². The number of hydrogen-bond donors (Lipinski definition) is 1. The first kappa shape index (κ1) is 11.9. The lowest BCUT2D eigenvalue weighted by molar-refractivity contribution is 0.419. The van der Waals surface area contributed by atoms with Crippen molar-refractivity contribution in [2.75, 3.05) is 12.8 Å². The maximum atomic E-state index is 5.97. The third kappa shape index (κ3) is 2.00. The predicted molar refractivity (Wildman–Crippen MR) is 75.4 cm³/mol. The maximum Gasteiger partial charge on any atom is 0.229 e. The average Bonchev–Trinajstić information content (AvgIpc) is 2.85. The van der Waals surface area contributed by atoms with Gasteiger partial charge in [-0.2, -0.15) is 0 Å². The Morgan fingerprint density at radius 2 is 2.11 bits per heavy atom. The van der Waals surface area contributed by atoms with Crippen molar-refractivity contribution in [2.45, 2.75) is 0 Å². The van der Waals surface area contributed by atoms with E-state index in [1.165, 1.54) is 0 Å². The number of nitrogens with zero attached hydrogens (tertiary/aromatic N) is 1. The van der Waals surface area contributed by atoms with Crippen LogP contribution in [0.5, 0.6) is 5.75 Å². The number of anilines is 1. The van der Waals surface area contributed by atoms with Gasteiger partial charge in [0.25, 0.3) is 0 Å². The molecule has 0 aliphatic rings. The summed E-state index contributed by atoms with van der Waals surface area (Å²) < 4.78 is 11.0. The minimum atomic E-state index is 0.430. The third-order valence-electron chi connectivity index (χ3n) is 2.85. The fraction of sp³-hybridized carbons (Fsp3) is 0.0714. The molecule has 4 nitrogen and oxygen atoms in total. The maximum absolute atomic E-state index is 5.97. The number of fused-ring (bicyclic) bond motifs is 1. The summed E-state index contributed by atoms with van der Waals surface area (Å²) >= 11 is 5.97. The van der Waals surface area contributed by atoms with E-state index in [0.717, 1.165) is 0 Å². The number of nitrogen functional groups attached to an aromatic ring is 1. The fourth-order valence-electron chi connectivity index (χ4n) is 1.92. The van der Waals surface area contributed by atoms with Gasteiger partial charge in [0, 0.05) is 10.7 Å². The lowest BCUT2D eigenvalue weighted by Crippen LogP contribution is -1.89. The molecule has 0 saturated heterocycles. The zero-order chi connectivity index (χ0) is 13.4. The molecule has 0 aliphatic heterocycles. The van der Waals surface area contributed by atoms with Gasteiger partial charge in [-0.15, -0.1) is 0 Å². The molecule has 1 aromatic heterocycles.